The number of hydrogen-bond donors (Lipinski definition) is 2. The largest absolute Gasteiger partial charge is 0.382 e. The van der Waals surface area contributed by atoms with Gasteiger partial charge in [0.1, 0.15) is 0 Å². The van der Waals surface area contributed by atoms with Gasteiger partial charge in [0.25, 0.3) is 5.91 Å². The summed E-state index contributed by atoms with van der Waals surface area (Å²) in [5.41, 5.74) is 9.72. The van der Waals surface area contributed by atoms with Crippen molar-refractivity contribution < 1.29 is 4.79 Å². The molecule has 2 aromatic heterocycles. The van der Waals surface area contributed by atoms with Crippen LogP contribution < -0.4 is 11.1 Å². The number of anilines is 1. The van der Waals surface area contributed by atoms with E-state index in [1.165, 1.54) is 0 Å². The molecular weight excluding hydrogens is 398 g/mol. The van der Waals surface area contributed by atoms with E-state index in [1.54, 1.807) is 12.3 Å². The number of nitrogens with one attached hydrogen (secondary N) is 1. The Morgan fingerprint density at radius 2 is 1.77 bits per heavy atom. The quantitative estimate of drug-likeness (QED) is 0.512. The number of carbonyl (C=O) groups is 1. The number of nitrogens with two attached hydrogens (primary N) is 1. The first-order valence-corrected chi connectivity index (χ1v) is 10.1. The zero-order chi connectivity index (χ0) is 20.7. The van der Waals surface area contributed by atoms with Crippen LogP contribution in [0.4, 0.5) is 5.82 Å². The molecule has 2 heterocycles. The summed E-state index contributed by atoms with van der Waals surface area (Å²) in [7, 11) is 0. The molecule has 148 valence electrons. The van der Waals surface area contributed by atoms with Crippen LogP contribution in [0.3, 0.4) is 0 Å². The summed E-state index contributed by atoms with van der Waals surface area (Å²) in [4.78, 5) is 26.3. The molecule has 0 aliphatic heterocycles. The first kappa shape index (κ1) is 18.5. The molecule has 6 nitrogen and oxygen atoms in total. The molecule has 0 spiro atoms. The molecule has 4 aromatic rings. The highest BCUT2D eigenvalue weighted by atomic mass is 35.5. The molecule has 1 fully saturated rings. The average molecular weight is 416 g/mol. The molecule has 1 aliphatic rings. The fourth-order valence-electron chi connectivity index (χ4n) is 3.38. The number of benzene rings is 2. The molecule has 0 bridgehead atoms. The van der Waals surface area contributed by atoms with E-state index in [9.17, 15) is 4.79 Å². The van der Waals surface area contributed by atoms with E-state index in [4.69, 9.17) is 17.3 Å². The summed E-state index contributed by atoms with van der Waals surface area (Å²) in [5, 5.41) is 4.31. The second-order valence-corrected chi connectivity index (χ2v) is 7.71. The van der Waals surface area contributed by atoms with Crippen molar-refractivity contribution in [2.45, 2.75) is 18.9 Å². The highest BCUT2D eigenvalue weighted by molar-refractivity contribution is 6.35. The lowest BCUT2D eigenvalue weighted by atomic mass is 10.0. The van der Waals surface area contributed by atoms with Gasteiger partial charge in [-0.15, -0.1) is 0 Å². The third-order valence-electron chi connectivity index (χ3n) is 5.03. The maximum Gasteiger partial charge on any atom is 0.273 e. The lowest BCUT2D eigenvalue weighted by Crippen LogP contribution is -2.28. The van der Waals surface area contributed by atoms with Crippen LogP contribution >= 0.6 is 11.6 Å². The number of aromatic nitrogens is 3. The van der Waals surface area contributed by atoms with Gasteiger partial charge in [-0.05, 0) is 31.0 Å². The van der Waals surface area contributed by atoms with Gasteiger partial charge in [-0.1, -0.05) is 48.0 Å². The number of nitrogen functional groups attached to an aromatic ring is 1. The molecule has 0 radical (unpaired) electrons. The molecule has 0 saturated heterocycles. The van der Waals surface area contributed by atoms with Gasteiger partial charge in [0.2, 0.25) is 0 Å². The zero-order valence-corrected chi connectivity index (χ0v) is 16.7. The first-order chi connectivity index (χ1) is 14.6. The highest BCUT2D eigenvalue weighted by Crippen LogP contribution is 2.35. The second-order valence-electron chi connectivity index (χ2n) is 7.30. The fraction of sp³-hybridized carbons (Fsp3) is 0.130. The van der Waals surface area contributed by atoms with Crippen LogP contribution in [0.1, 0.15) is 23.3 Å². The minimum absolute atomic E-state index is 0.101. The highest BCUT2D eigenvalue weighted by Gasteiger charge is 2.27. The summed E-state index contributed by atoms with van der Waals surface area (Å²) < 4.78 is 0. The van der Waals surface area contributed by atoms with Crippen molar-refractivity contribution in [1.29, 1.82) is 0 Å². The normalized spacial score (nSPS) is 13.4. The number of carbonyl (C=O) groups excluding carboxylic acids is 1. The van der Waals surface area contributed by atoms with Crippen molar-refractivity contribution in [3.8, 4) is 22.5 Å². The van der Waals surface area contributed by atoms with E-state index in [1.807, 2.05) is 48.5 Å². The molecule has 1 amide bonds. The van der Waals surface area contributed by atoms with Crippen molar-refractivity contribution in [1.82, 2.24) is 20.3 Å². The molecule has 3 N–H and O–H groups in total. The molecule has 2 aromatic carbocycles. The number of halogens is 1. The summed E-state index contributed by atoms with van der Waals surface area (Å²) in [6.45, 7) is 0. The molecule has 1 aliphatic carbocycles. The van der Waals surface area contributed by atoms with E-state index >= 15 is 0 Å². The van der Waals surface area contributed by atoms with Gasteiger partial charge in [0, 0.05) is 28.8 Å². The molecule has 7 heteroatoms. The van der Waals surface area contributed by atoms with E-state index in [0.717, 1.165) is 29.4 Å². The summed E-state index contributed by atoms with van der Waals surface area (Å²) in [6, 6.07) is 17.4. The topological polar surface area (TPSA) is 93.8 Å². The monoisotopic (exact) mass is 415 g/mol. The predicted octanol–water partition coefficient (Wildman–Crippen LogP) is 4.49. The van der Waals surface area contributed by atoms with Gasteiger partial charge in [0.15, 0.2) is 11.5 Å². The Bertz CT molecular complexity index is 1270. The Morgan fingerprint density at radius 3 is 2.53 bits per heavy atom. The maximum atomic E-state index is 12.7. The number of nitrogens with zero attached hydrogens (tertiary/aromatic N) is 3. The van der Waals surface area contributed by atoms with Gasteiger partial charge < -0.3 is 11.1 Å². The Hall–Kier alpha value is -3.51. The van der Waals surface area contributed by atoms with Crippen molar-refractivity contribution in [2.75, 3.05) is 5.73 Å². The molecule has 0 unspecified atom stereocenters. The molecule has 1 saturated carbocycles. The molecule has 30 heavy (non-hydrogen) atoms. The third-order valence-corrected chi connectivity index (χ3v) is 5.32. The molecule has 5 rings (SSSR count). The van der Waals surface area contributed by atoms with Crippen LogP contribution in [0.15, 0.2) is 60.8 Å². The van der Waals surface area contributed by atoms with Crippen molar-refractivity contribution >= 4 is 34.2 Å². The molecular formula is C23H18ClN5O. The minimum Gasteiger partial charge on any atom is -0.382 e. The van der Waals surface area contributed by atoms with E-state index in [2.05, 4.69) is 20.3 Å². The van der Waals surface area contributed by atoms with Crippen molar-refractivity contribution in [3.63, 3.8) is 0 Å². The zero-order valence-electron chi connectivity index (χ0n) is 16.0. The maximum absolute atomic E-state index is 12.7. The van der Waals surface area contributed by atoms with Crippen LogP contribution in [0.25, 0.3) is 33.4 Å². The SMILES string of the molecule is Nc1nc(-c2ccccc2)c(-c2cc(Cl)c3ncccc3c2)nc1C(=O)NC1CC1. The second kappa shape index (κ2) is 7.39. The summed E-state index contributed by atoms with van der Waals surface area (Å²) in [6.07, 6.45) is 3.65. The van der Waals surface area contributed by atoms with Crippen LogP contribution in [0, 0.1) is 0 Å². The number of amides is 1. The van der Waals surface area contributed by atoms with Gasteiger partial charge >= 0.3 is 0 Å². The first-order valence-electron chi connectivity index (χ1n) is 9.68. The number of fused-ring (bicyclic) bond motifs is 1. The summed E-state index contributed by atoms with van der Waals surface area (Å²) in [5.74, 6) is -0.207. The smallest absolute Gasteiger partial charge is 0.273 e. The van der Waals surface area contributed by atoms with Gasteiger partial charge in [-0.25, -0.2) is 9.97 Å². The lowest BCUT2D eigenvalue weighted by molar-refractivity contribution is 0.0947. The van der Waals surface area contributed by atoms with Crippen molar-refractivity contribution in [2.24, 2.45) is 0 Å². The fourth-order valence-corrected chi connectivity index (χ4v) is 3.66. The van der Waals surface area contributed by atoms with Gasteiger partial charge in [0.05, 0.1) is 21.9 Å². The van der Waals surface area contributed by atoms with E-state index < -0.39 is 0 Å². The number of hydrogen-bond acceptors (Lipinski definition) is 5. The lowest BCUT2D eigenvalue weighted by Gasteiger charge is -2.14. The third kappa shape index (κ3) is 3.46. The standard InChI is InChI=1S/C23H18ClN5O/c24-17-12-15(11-14-7-4-10-26-18(14)17)20-19(13-5-2-1-3-6-13)29-22(25)21(28-20)23(30)27-16-8-9-16/h1-7,10-12,16H,8-9H2,(H2,25,29)(H,27,30). The van der Waals surface area contributed by atoms with Crippen LogP contribution in [-0.4, -0.2) is 26.9 Å². The average Bonchev–Trinajstić information content (AvgIpc) is 3.58. The Labute approximate surface area is 178 Å². The van der Waals surface area contributed by atoms with E-state index in [0.29, 0.717) is 21.9 Å². The van der Waals surface area contributed by atoms with Crippen LogP contribution in [0.5, 0.6) is 0 Å². The number of pyridine rings is 1. The van der Waals surface area contributed by atoms with Gasteiger partial charge in [-0.3, -0.25) is 9.78 Å². The van der Waals surface area contributed by atoms with Gasteiger partial charge in [-0.2, -0.15) is 0 Å². The minimum atomic E-state index is -0.308. The predicted molar refractivity (Wildman–Crippen MR) is 118 cm³/mol. The Balaban J connectivity index is 1.72. The van der Waals surface area contributed by atoms with Crippen LogP contribution in [0.2, 0.25) is 5.02 Å². The molecule has 0 atom stereocenters. The van der Waals surface area contributed by atoms with Crippen molar-refractivity contribution in [3.05, 3.63) is 71.5 Å². The Kier molecular flexibility index (Phi) is 4.56. The van der Waals surface area contributed by atoms with E-state index in [-0.39, 0.29) is 23.5 Å². The number of rotatable bonds is 4. The van der Waals surface area contributed by atoms with Crippen LogP contribution in [-0.2, 0) is 0 Å². The summed E-state index contributed by atoms with van der Waals surface area (Å²) >= 11 is 6.51. The Morgan fingerprint density at radius 1 is 1.00 bits per heavy atom.